The molecule has 1 aromatic heterocycles. The molecule has 0 fully saturated rings. The third-order valence-electron chi connectivity index (χ3n) is 2.33. The van der Waals surface area contributed by atoms with Crippen LogP contribution in [0.1, 0.15) is 12.5 Å². The van der Waals surface area contributed by atoms with E-state index in [0.29, 0.717) is 6.61 Å². The number of likely N-dealkylation sites (N-methyl/N-ethyl adjacent to an activating group) is 1. The molecule has 5 nitrogen and oxygen atoms in total. The third-order valence-corrected chi connectivity index (χ3v) is 3.25. The van der Waals surface area contributed by atoms with E-state index in [2.05, 4.69) is 4.98 Å². The Hall–Kier alpha value is -1.56. The van der Waals surface area contributed by atoms with Crippen LogP contribution in [-0.4, -0.2) is 47.7 Å². The van der Waals surface area contributed by atoms with Gasteiger partial charge in [0.05, 0.1) is 17.4 Å². The fourth-order valence-corrected chi connectivity index (χ4v) is 2.06. The number of carbonyl (C=O) groups excluding carboxylic acids is 2. The van der Waals surface area contributed by atoms with Crippen LogP contribution in [0.25, 0.3) is 0 Å². The van der Waals surface area contributed by atoms with Gasteiger partial charge in [0, 0.05) is 13.2 Å². The van der Waals surface area contributed by atoms with Crippen molar-refractivity contribution in [2.75, 3.05) is 26.0 Å². The van der Waals surface area contributed by atoms with Crippen molar-refractivity contribution in [3.05, 3.63) is 23.9 Å². The molecule has 0 aromatic carbocycles. The molecule has 0 aliphatic heterocycles. The fourth-order valence-electron chi connectivity index (χ4n) is 1.27. The van der Waals surface area contributed by atoms with Crippen LogP contribution in [0, 0.1) is 6.92 Å². The standard InChI is InChI=1S/C13H18N2O3S/c1-4-18-13(17)8-15(3)12(16)9-19-11-6-5-10(2)7-14-11/h5-7H,4,8-9H2,1-3H3. The first-order chi connectivity index (χ1) is 9.02. The summed E-state index contributed by atoms with van der Waals surface area (Å²) < 4.78 is 4.79. The Labute approximate surface area is 117 Å². The van der Waals surface area contributed by atoms with Gasteiger partial charge in [0.25, 0.3) is 0 Å². The summed E-state index contributed by atoms with van der Waals surface area (Å²) in [6.07, 6.45) is 1.76. The number of thioether (sulfide) groups is 1. The van der Waals surface area contributed by atoms with E-state index < -0.39 is 5.97 Å². The summed E-state index contributed by atoms with van der Waals surface area (Å²) in [6.45, 7) is 4.00. The normalized spacial score (nSPS) is 10.1. The topological polar surface area (TPSA) is 59.5 Å². The number of pyridine rings is 1. The summed E-state index contributed by atoms with van der Waals surface area (Å²) in [6, 6.07) is 3.82. The quantitative estimate of drug-likeness (QED) is 0.584. The number of hydrogen-bond acceptors (Lipinski definition) is 5. The lowest BCUT2D eigenvalue weighted by Gasteiger charge is -2.15. The zero-order valence-electron chi connectivity index (χ0n) is 11.4. The Morgan fingerprint density at radius 1 is 1.42 bits per heavy atom. The summed E-state index contributed by atoms with van der Waals surface area (Å²) in [7, 11) is 1.59. The van der Waals surface area contributed by atoms with E-state index in [4.69, 9.17) is 4.74 Å². The van der Waals surface area contributed by atoms with Gasteiger partial charge in [-0.2, -0.15) is 0 Å². The Kier molecular flexibility index (Phi) is 6.35. The molecule has 0 unspecified atom stereocenters. The highest BCUT2D eigenvalue weighted by molar-refractivity contribution is 7.99. The van der Waals surface area contributed by atoms with Gasteiger partial charge in [0.15, 0.2) is 0 Å². The van der Waals surface area contributed by atoms with Crippen molar-refractivity contribution in [3.63, 3.8) is 0 Å². The summed E-state index contributed by atoms with van der Waals surface area (Å²) >= 11 is 1.35. The molecule has 6 heteroatoms. The molecular weight excluding hydrogens is 264 g/mol. The molecule has 1 amide bonds. The predicted octanol–water partition coefficient (Wildman–Crippen LogP) is 1.50. The fraction of sp³-hybridized carbons (Fsp3) is 0.462. The van der Waals surface area contributed by atoms with Gasteiger partial charge in [-0.1, -0.05) is 17.8 Å². The molecule has 1 rings (SSSR count). The molecular formula is C13H18N2O3S. The first-order valence-corrected chi connectivity index (χ1v) is 6.96. The van der Waals surface area contributed by atoms with Crippen LogP contribution in [0.5, 0.6) is 0 Å². The Morgan fingerprint density at radius 2 is 2.16 bits per heavy atom. The molecule has 0 spiro atoms. The van der Waals surface area contributed by atoms with Crippen LogP contribution in [0.15, 0.2) is 23.4 Å². The second kappa shape index (κ2) is 7.78. The van der Waals surface area contributed by atoms with Crippen molar-refractivity contribution in [3.8, 4) is 0 Å². The largest absolute Gasteiger partial charge is 0.465 e. The van der Waals surface area contributed by atoms with Crippen molar-refractivity contribution in [2.24, 2.45) is 0 Å². The molecule has 0 aliphatic carbocycles. The molecule has 19 heavy (non-hydrogen) atoms. The molecule has 1 heterocycles. The average Bonchev–Trinajstić information content (AvgIpc) is 2.37. The SMILES string of the molecule is CCOC(=O)CN(C)C(=O)CSc1ccc(C)cn1. The lowest BCUT2D eigenvalue weighted by molar-refractivity contribution is -0.147. The monoisotopic (exact) mass is 282 g/mol. The molecule has 0 saturated carbocycles. The number of rotatable bonds is 6. The van der Waals surface area contributed by atoms with E-state index in [1.54, 1.807) is 20.2 Å². The average molecular weight is 282 g/mol. The van der Waals surface area contributed by atoms with E-state index in [-0.39, 0.29) is 18.2 Å². The molecule has 0 aliphatic rings. The number of ether oxygens (including phenoxy) is 1. The van der Waals surface area contributed by atoms with E-state index in [9.17, 15) is 9.59 Å². The Morgan fingerprint density at radius 3 is 2.74 bits per heavy atom. The van der Waals surface area contributed by atoms with Crippen LogP contribution in [0.3, 0.4) is 0 Å². The highest BCUT2D eigenvalue weighted by Gasteiger charge is 2.13. The molecule has 0 radical (unpaired) electrons. The first kappa shape index (κ1) is 15.5. The van der Waals surface area contributed by atoms with Gasteiger partial charge in [-0.25, -0.2) is 4.98 Å². The minimum Gasteiger partial charge on any atom is -0.465 e. The van der Waals surface area contributed by atoms with E-state index in [0.717, 1.165) is 10.6 Å². The summed E-state index contributed by atoms with van der Waals surface area (Å²) in [5, 5.41) is 0.795. The van der Waals surface area contributed by atoms with Gasteiger partial charge < -0.3 is 9.64 Å². The second-order valence-electron chi connectivity index (χ2n) is 4.02. The maximum absolute atomic E-state index is 11.8. The number of aryl methyl sites for hydroxylation is 1. The van der Waals surface area contributed by atoms with Crippen LogP contribution in [-0.2, 0) is 14.3 Å². The van der Waals surface area contributed by atoms with Gasteiger partial charge in [-0.05, 0) is 25.5 Å². The maximum Gasteiger partial charge on any atom is 0.325 e. The number of carbonyl (C=O) groups is 2. The molecule has 0 atom stereocenters. The highest BCUT2D eigenvalue weighted by atomic mass is 32.2. The number of hydrogen-bond donors (Lipinski definition) is 0. The van der Waals surface area contributed by atoms with Gasteiger partial charge in [-0.15, -0.1) is 0 Å². The molecule has 104 valence electrons. The lowest BCUT2D eigenvalue weighted by atomic mass is 10.3. The zero-order valence-corrected chi connectivity index (χ0v) is 12.2. The van der Waals surface area contributed by atoms with Gasteiger partial charge in [0.2, 0.25) is 5.91 Å². The molecule has 1 aromatic rings. The van der Waals surface area contributed by atoms with Gasteiger partial charge in [-0.3, -0.25) is 9.59 Å². The molecule has 0 N–H and O–H groups in total. The van der Waals surface area contributed by atoms with Crippen molar-refractivity contribution in [2.45, 2.75) is 18.9 Å². The van der Waals surface area contributed by atoms with E-state index >= 15 is 0 Å². The highest BCUT2D eigenvalue weighted by Crippen LogP contribution is 2.15. The minimum atomic E-state index is -0.392. The van der Waals surface area contributed by atoms with Crippen LogP contribution < -0.4 is 0 Å². The van der Waals surface area contributed by atoms with Crippen LogP contribution >= 0.6 is 11.8 Å². The van der Waals surface area contributed by atoms with E-state index in [1.165, 1.54) is 16.7 Å². The van der Waals surface area contributed by atoms with Crippen molar-refractivity contribution in [1.29, 1.82) is 0 Å². The first-order valence-electron chi connectivity index (χ1n) is 5.98. The summed E-state index contributed by atoms with van der Waals surface area (Å²) in [5.41, 5.74) is 1.08. The summed E-state index contributed by atoms with van der Waals surface area (Å²) in [5.74, 6) is -0.261. The molecule has 0 saturated heterocycles. The van der Waals surface area contributed by atoms with E-state index in [1.807, 2.05) is 19.1 Å². The van der Waals surface area contributed by atoms with Gasteiger partial charge in [0.1, 0.15) is 6.54 Å². The van der Waals surface area contributed by atoms with Crippen molar-refractivity contribution < 1.29 is 14.3 Å². The lowest BCUT2D eigenvalue weighted by Crippen LogP contribution is -2.34. The smallest absolute Gasteiger partial charge is 0.325 e. The second-order valence-corrected chi connectivity index (χ2v) is 5.01. The van der Waals surface area contributed by atoms with Crippen molar-refractivity contribution >= 4 is 23.6 Å². The summed E-state index contributed by atoms with van der Waals surface area (Å²) in [4.78, 5) is 28.6. The Balaban J connectivity index is 2.38. The minimum absolute atomic E-state index is 0.0193. The zero-order chi connectivity index (χ0) is 14.3. The van der Waals surface area contributed by atoms with Gasteiger partial charge >= 0.3 is 5.97 Å². The van der Waals surface area contributed by atoms with Crippen LogP contribution in [0.2, 0.25) is 0 Å². The Bertz CT molecular complexity index is 434. The predicted molar refractivity (Wildman–Crippen MR) is 74.0 cm³/mol. The number of esters is 1. The number of amides is 1. The number of aromatic nitrogens is 1. The maximum atomic E-state index is 11.8. The number of nitrogens with zero attached hydrogens (tertiary/aromatic N) is 2. The molecule has 0 bridgehead atoms. The van der Waals surface area contributed by atoms with Crippen LogP contribution in [0.4, 0.5) is 0 Å². The van der Waals surface area contributed by atoms with Crippen molar-refractivity contribution in [1.82, 2.24) is 9.88 Å². The third kappa shape index (κ3) is 5.74.